The third-order valence-corrected chi connectivity index (χ3v) is 4.85. The second-order valence-electron chi connectivity index (χ2n) is 5.36. The van der Waals surface area contributed by atoms with Gasteiger partial charge in [-0.05, 0) is 22.4 Å². The van der Waals surface area contributed by atoms with Crippen molar-refractivity contribution < 1.29 is 40.5 Å². The minimum Gasteiger partial charge on any atom is -0.476 e. The van der Waals surface area contributed by atoms with Crippen LogP contribution < -0.4 is 10.1 Å². The highest BCUT2D eigenvalue weighted by Gasteiger charge is 2.29. The zero-order valence-electron chi connectivity index (χ0n) is 14.3. The molecule has 0 aliphatic rings. The van der Waals surface area contributed by atoms with E-state index in [9.17, 15) is 26.4 Å². The Morgan fingerprint density at radius 1 is 1.32 bits per heavy atom. The summed E-state index contributed by atoms with van der Waals surface area (Å²) in [4.78, 5) is 12.1. The van der Waals surface area contributed by atoms with Crippen LogP contribution in [0.4, 0.5) is 19.0 Å². The van der Waals surface area contributed by atoms with E-state index in [0.29, 0.717) is 0 Å². The first-order valence-corrected chi connectivity index (χ1v) is 9.55. The van der Waals surface area contributed by atoms with Crippen molar-refractivity contribution in [2.45, 2.75) is 17.7 Å². The maximum Gasteiger partial charge on any atom is 0.411 e. The quantitative estimate of drug-likeness (QED) is 0.692. The summed E-state index contributed by atoms with van der Waals surface area (Å²) < 4.78 is 74.5. The van der Waals surface area contributed by atoms with Crippen molar-refractivity contribution in [1.29, 1.82) is 0 Å². The number of nitrogens with zero attached hydrogens (tertiary/aromatic N) is 2. The van der Waals surface area contributed by atoms with Gasteiger partial charge in [0.25, 0.3) is 5.91 Å². The number of hydrogen-bond donors (Lipinski definition) is 1. The second kappa shape index (κ2) is 8.32. The van der Waals surface area contributed by atoms with Crippen molar-refractivity contribution in [1.82, 2.24) is 10.3 Å². The summed E-state index contributed by atoms with van der Waals surface area (Å²) in [5.74, 6) is -1.16. The fourth-order valence-corrected chi connectivity index (χ4v) is 3.38. The van der Waals surface area contributed by atoms with Crippen LogP contribution in [0.5, 0.6) is 5.88 Å². The molecule has 9 nitrogen and oxygen atoms in total. The molecule has 0 saturated carbocycles. The highest BCUT2D eigenvalue weighted by atomic mass is 35.5. The molecule has 0 aliphatic heterocycles. The van der Waals surface area contributed by atoms with Crippen molar-refractivity contribution in [3.8, 4) is 5.88 Å². The molecule has 2 rings (SSSR count). The number of alkyl halides is 3. The fourth-order valence-electron chi connectivity index (χ4n) is 2.10. The molecule has 0 spiro atoms. The summed E-state index contributed by atoms with van der Waals surface area (Å²) in [5.41, 5.74) is -0.518. The number of nitrogens with one attached hydrogen (secondary N) is 1. The van der Waals surface area contributed by atoms with Gasteiger partial charge in [-0.25, -0.2) is 13.0 Å². The van der Waals surface area contributed by atoms with E-state index in [2.05, 4.69) is 25.0 Å². The molecule has 0 fully saturated rings. The lowest BCUT2D eigenvalue weighted by Crippen LogP contribution is -2.19. The maximum absolute atomic E-state index is 12.4. The Morgan fingerprint density at radius 2 is 2.00 bits per heavy atom. The Labute approximate surface area is 161 Å². The highest BCUT2D eigenvalue weighted by molar-refractivity contribution is 7.90. The van der Waals surface area contributed by atoms with Crippen LogP contribution in [0.15, 0.2) is 21.7 Å². The van der Waals surface area contributed by atoms with Crippen LogP contribution in [-0.2, 0) is 21.2 Å². The second-order valence-corrected chi connectivity index (χ2v) is 7.72. The summed E-state index contributed by atoms with van der Waals surface area (Å²) in [6.07, 6.45) is -3.78. The van der Waals surface area contributed by atoms with E-state index in [1.54, 1.807) is 0 Å². The van der Waals surface area contributed by atoms with Crippen molar-refractivity contribution in [3.05, 3.63) is 28.3 Å². The summed E-state index contributed by atoms with van der Waals surface area (Å²) in [5, 5.41) is 8.66. The molecule has 0 saturated heterocycles. The van der Waals surface area contributed by atoms with Gasteiger partial charge in [-0.1, -0.05) is 11.6 Å². The number of sulfone groups is 1. The average Bonchev–Trinajstić information content (AvgIpc) is 3.01. The highest BCUT2D eigenvalue weighted by Crippen LogP contribution is 2.30. The topological polar surface area (TPSA) is 121 Å². The molecule has 0 bridgehead atoms. The van der Waals surface area contributed by atoms with Gasteiger partial charge in [0.2, 0.25) is 5.82 Å². The number of ether oxygens (including phenoxy) is 2. The molecule has 1 aromatic heterocycles. The molecule has 1 aromatic carbocycles. The van der Waals surface area contributed by atoms with E-state index in [1.807, 2.05) is 0 Å². The Kier molecular flexibility index (Phi) is 6.52. The number of halogens is 4. The summed E-state index contributed by atoms with van der Waals surface area (Å²) in [6, 6.07) is 2.14. The molecule has 154 valence electrons. The van der Waals surface area contributed by atoms with Crippen LogP contribution in [0.3, 0.4) is 0 Å². The van der Waals surface area contributed by atoms with Crippen molar-refractivity contribution in [3.63, 3.8) is 0 Å². The normalized spacial score (nSPS) is 12.1. The van der Waals surface area contributed by atoms with Gasteiger partial charge in [0, 0.05) is 11.8 Å². The fraction of sp³-hybridized carbons (Fsp3) is 0.357. The molecule has 28 heavy (non-hydrogen) atoms. The number of aromatic nitrogens is 2. The van der Waals surface area contributed by atoms with E-state index < -0.39 is 40.2 Å². The molecule has 1 heterocycles. The number of methoxy groups -OCH3 is 1. The predicted octanol–water partition coefficient (Wildman–Crippen LogP) is 2.47. The molecular formula is C14H13ClF3N3O6S. The van der Waals surface area contributed by atoms with Gasteiger partial charge in [0.15, 0.2) is 9.84 Å². The van der Waals surface area contributed by atoms with Crippen LogP contribution in [0.25, 0.3) is 0 Å². The first-order chi connectivity index (χ1) is 12.9. The molecule has 1 N–H and O–H groups in total. The van der Waals surface area contributed by atoms with Crippen molar-refractivity contribution >= 4 is 33.2 Å². The van der Waals surface area contributed by atoms with Crippen LogP contribution in [-0.4, -0.2) is 50.8 Å². The number of benzene rings is 1. The molecule has 14 heteroatoms. The van der Waals surface area contributed by atoms with Gasteiger partial charge in [0.1, 0.15) is 6.61 Å². The first kappa shape index (κ1) is 21.9. The number of carbonyl (C=O) groups excluding carboxylic acids is 1. The molecular weight excluding hydrogens is 431 g/mol. The molecule has 2 aromatic rings. The largest absolute Gasteiger partial charge is 0.476 e. The summed E-state index contributed by atoms with van der Waals surface area (Å²) in [7, 11) is -2.61. The Morgan fingerprint density at radius 3 is 2.57 bits per heavy atom. The molecule has 0 aliphatic carbocycles. The predicted molar refractivity (Wildman–Crippen MR) is 89.1 cm³/mol. The van der Waals surface area contributed by atoms with Crippen molar-refractivity contribution in [2.24, 2.45) is 0 Å². The minimum atomic E-state index is -4.62. The lowest BCUT2D eigenvalue weighted by Gasteiger charge is -2.15. The van der Waals surface area contributed by atoms with Crippen LogP contribution in [0.1, 0.15) is 15.9 Å². The van der Waals surface area contributed by atoms with Gasteiger partial charge in [-0.3, -0.25) is 10.1 Å². The van der Waals surface area contributed by atoms with E-state index in [1.165, 1.54) is 7.11 Å². The van der Waals surface area contributed by atoms with E-state index in [4.69, 9.17) is 16.3 Å². The number of anilines is 1. The first-order valence-electron chi connectivity index (χ1n) is 7.28. The third kappa shape index (κ3) is 5.33. The van der Waals surface area contributed by atoms with Crippen LogP contribution >= 0.6 is 11.6 Å². The maximum atomic E-state index is 12.4. The SMILES string of the molecule is COc1nonc1NC(=O)c1ccc(S(C)(=O)=O)c(COCC(F)(F)F)c1Cl. The van der Waals surface area contributed by atoms with Gasteiger partial charge >= 0.3 is 12.1 Å². The molecule has 0 atom stereocenters. The van der Waals surface area contributed by atoms with Crippen LogP contribution in [0, 0.1) is 0 Å². The lowest BCUT2D eigenvalue weighted by molar-refractivity contribution is -0.176. The van der Waals surface area contributed by atoms with E-state index in [-0.39, 0.29) is 27.7 Å². The monoisotopic (exact) mass is 443 g/mol. The van der Waals surface area contributed by atoms with Gasteiger partial charge in [0.05, 0.1) is 29.2 Å². The number of rotatable bonds is 7. The Hall–Kier alpha value is -2.38. The van der Waals surface area contributed by atoms with Crippen LogP contribution in [0.2, 0.25) is 5.02 Å². The summed E-state index contributed by atoms with van der Waals surface area (Å²) in [6.45, 7) is -2.40. The summed E-state index contributed by atoms with van der Waals surface area (Å²) >= 11 is 6.10. The van der Waals surface area contributed by atoms with E-state index >= 15 is 0 Å². The number of amides is 1. The standard InChI is InChI=1S/C14H13ClF3N3O6S/c1-25-13-11(20-27-21-13)19-12(22)7-3-4-9(28(2,23)24)8(10(7)15)5-26-6-14(16,17)18/h3-4H,5-6H2,1-2H3,(H,19,20,22). The number of hydrogen-bond acceptors (Lipinski definition) is 8. The van der Waals surface area contributed by atoms with Gasteiger partial charge in [-0.2, -0.15) is 13.2 Å². The van der Waals surface area contributed by atoms with Gasteiger partial charge in [-0.15, -0.1) is 0 Å². The zero-order valence-corrected chi connectivity index (χ0v) is 15.9. The number of carbonyl (C=O) groups is 1. The molecule has 0 unspecified atom stereocenters. The Bertz CT molecular complexity index is 977. The molecule has 1 amide bonds. The van der Waals surface area contributed by atoms with Gasteiger partial charge < -0.3 is 9.47 Å². The minimum absolute atomic E-state index is 0.133. The zero-order chi connectivity index (χ0) is 21.1. The smallest absolute Gasteiger partial charge is 0.411 e. The lowest BCUT2D eigenvalue weighted by atomic mass is 10.1. The van der Waals surface area contributed by atoms with Crippen molar-refractivity contribution in [2.75, 3.05) is 25.3 Å². The average molecular weight is 444 g/mol. The Balaban J connectivity index is 2.38. The van der Waals surface area contributed by atoms with E-state index in [0.717, 1.165) is 18.4 Å². The third-order valence-electron chi connectivity index (χ3n) is 3.24. The molecule has 0 radical (unpaired) electrons.